The Morgan fingerprint density at radius 2 is 1.80 bits per heavy atom. The average Bonchev–Trinajstić information content (AvgIpc) is 2.38. The van der Waals surface area contributed by atoms with Crippen molar-refractivity contribution in [2.24, 2.45) is 0 Å². The molecule has 0 aromatic carbocycles. The van der Waals surface area contributed by atoms with Crippen molar-refractivity contribution >= 4 is 0 Å². The summed E-state index contributed by atoms with van der Waals surface area (Å²) in [6, 6.07) is 3.37. The van der Waals surface area contributed by atoms with Crippen LogP contribution in [0.4, 0.5) is 4.39 Å². The van der Waals surface area contributed by atoms with Crippen molar-refractivity contribution < 1.29 is 4.39 Å². The van der Waals surface area contributed by atoms with Gasteiger partial charge < -0.3 is 5.32 Å². The van der Waals surface area contributed by atoms with Gasteiger partial charge >= 0.3 is 0 Å². The molecular formula is C15H19FN4. The Labute approximate surface area is 118 Å². The van der Waals surface area contributed by atoms with Crippen LogP contribution >= 0.6 is 0 Å². The number of nitrogens with zero attached hydrogens (tertiary/aromatic N) is 3. The van der Waals surface area contributed by atoms with Crippen LogP contribution in [0.15, 0.2) is 18.3 Å². The second kappa shape index (κ2) is 6.05. The molecule has 0 atom stereocenters. The van der Waals surface area contributed by atoms with E-state index in [9.17, 15) is 4.39 Å². The Morgan fingerprint density at radius 1 is 1.15 bits per heavy atom. The van der Waals surface area contributed by atoms with Crippen molar-refractivity contribution in [3.05, 3.63) is 41.1 Å². The highest BCUT2D eigenvalue weighted by atomic mass is 19.1. The number of rotatable bonds is 4. The van der Waals surface area contributed by atoms with Gasteiger partial charge in [0.05, 0.1) is 6.20 Å². The molecule has 5 heteroatoms. The SMILES string of the molecule is Cc1nc(-c2ccc(F)cn2)nc(C)c1CNC(C)C. The second-order valence-corrected chi connectivity index (χ2v) is 5.09. The van der Waals surface area contributed by atoms with Gasteiger partial charge in [-0.05, 0) is 26.0 Å². The molecule has 106 valence electrons. The first-order chi connectivity index (χ1) is 9.47. The molecule has 0 aliphatic rings. The fraction of sp³-hybridized carbons (Fsp3) is 0.400. The Bertz CT molecular complexity index is 570. The predicted molar refractivity (Wildman–Crippen MR) is 76.7 cm³/mol. The highest BCUT2D eigenvalue weighted by molar-refractivity contribution is 5.50. The third kappa shape index (κ3) is 3.36. The molecule has 0 spiro atoms. The van der Waals surface area contributed by atoms with Gasteiger partial charge in [0, 0.05) is 29.5 Å². The standard InChI is InChI=1S/C15H19FN4/c1-9(2)17-8-13-10(3)19-15(20-11(13)4)14-6-5-12(16)7-18-14/h5-7,9,17H,8H2,1-4H3. The van der Waals surface area contributed by atoms with E-state index in [1.165, 1.54) is 12.3 Å². The molecule has 0 radical (unpaired) electrons. The Morgan fingerprint density at radius 3 is 2.30 bits per heavy atom. The third-order valence-electron chi connectivity index (χ3n) is 3.06. The molecule has 2 rings (SSSR count). The summed E-state index contributed by atoms with van der Waals surface area (Å²) in [6.07, 6.45) is 1.18. The van der Waals surface area contributed by atoms with Crippen LogP contribution in [0, 0.1) is 19.7 Å². The average molecular weight is 274 g/mol. The van der Waals surface area contributed by atoms with Crippen molar-refractivity contribution in [2.45, 2.75) is 40.3 Å². The monoisotopic (exact) mass is 274 g/mol. The van der Waals surface area contributed by atoms with Crippen LogP contribution < -0.4 is 5.32 Å². The first-order valence-corrected chi connectivity index (χ1v) is 6.67. The molecule has 2 heterocycles. The molecule has 4 nitrogen and oxygen atoms in total. The van der Waals surface area contributed by atoms with Crippen molar-refractivity contribution in [3.8, 4) is 11.5 Å². The zero-order valence-corrected chi connectivity index (χ0v) is 12.2. The summed E-state index contributed by atoms with van der Waals surface area (Å²) in [6.45, 7) is 8.86. The van der Waals surface area contributed by atoms with Crippen LogP contribution in [-0.4, -0.2) is 21.0 Å². The van der Waals surface area contributed by atoms with Crippen LogP contribution in [0.2, 0.25) is 0 Å². The Hall–Kier alpha value is -1.88. The lowest BCUT2D eigenvalue weighted by Gasteiger charge is -2.13. The van der Waals surface area contributed by atoms with Gasteiger partial charge in [0.15, 0.2) is 5.82 Å². The minimum atomic E-state index is -0.361. The van der Waals surface area contributed by atoms with Gasteiger partial charge in [0.1, 0.15) is 11.5 Å². The highest BCUT2D eigenvalue weighted by Gasteiger charge is 2.11. The number of pyridine rings is 1. The number of hydrogen-bond acceptors (Lipinski definition) is 4. The summed E-state index contributed by atoms with van der Waals surface area (Å²) in [7, 11) is 0. The van der Waals surface area contributed by atoms with E-state index in [4.69, 9.17) is 0 Å². The molecule has 2 aromatic heterocycles. The molecule has 0 aliphatic carbocycles. The molecule has 0 bridgehead atoms. The Balaban J connectivity index is 2.32. The minimum Gasteiger partial charge on any atom is -0.310 e. The van der Waals surface area contributed by atoms with Crippen LogP contribution in [0.25, 0.3) is 11.5 Å². The normalized spacial score (nSPS) is 11.1. The lowest BCUT2D eigenvalue weighted by atomic mass is 10.1. The molecule has 0 amide bonds. The number of aromatic nitrogens is 3. The smallest absolute Gasteiger partial charge is 0.178 e. The van der Waals surface area contributed by atoms with E-state index in [2.05, 4.69) is 34.1 Å². The van der Waals surface area contributed by atoms with Gasteiger partial charge in [-0.1, -0.05) is 13.8 Å². The van der Waals surface area contributed by atoms with Crippen molar-refractivity contribution in [1.82, 2.24) is 20.3 Å². The second-order valence-electron chi connectivity index (χ2n) is 5.09. The van der Waals surface area contributed by atoms with Crippen molar-refractivity contribution in [1.29, 1.82) is 0 Å². The van der Waals surface area contributed by atoms with Gasteiger partial charge in [-0.25, -0.2) is 19.3 Å². The third-order valence-corrected chi connectivity index (χ3v) is 3.06. The molecule has 0 saturated carbocycles. The summed E-state index contributed by atoms with van der Waals surface area (Å²) < 4.78 is 12.9. The summed E-state index contributed by atoms with van der Waals surface area (Å²) in [5, 5.41) is 3.36. The van der Waals surface area contributed by atoms with E-state index in [0.29, 0.717) is 17.6 Å². The maximum Gasteiger partial charge on any atom is 0.178 e. The number of aryl methyl sites for hydroxylation is 2. The summed E-state index contributed by atoms with van der Waals surface area (Å²) in [4.78, 5) is 13.0. The Kier molecular flexibility index (Phi) is 4.39. The van der Waals surface area contributed by atoms with Crippen molar-refractivity contribution in [3.63, 3.8) is 0 Å². The maximum atomic E-state index is 12.9. The van der Waals surface area contributed by atoms with Gasteiger partial charge in [0.2, 0.25) is 0 Å². The topological polar surface area (TPSA) is 50.7 Å². The van der Waals surface area contributed by atoms with Gasteiger partial charge in [-0.15, -0.1) is 0 Å². The first kappa shape index (κ1) is 14.5. The lowest BCUT2D eigenvalue weighted by molar-refractivity contribution is 0.583. The van der Waals surface area contributed by atoms with Crippen molar-refractivity contribution in [2.75, 3.05) is 0 Å². The van der Waals surface area contributed by atoms with E-state index in [-0.39, 0.29) is 5.82 Å². The molecule has 1 N–H and O–H groups in total. The van der Waals surface area contributed by atoms with Crippen LogP contribution in [0.1, 0.15) is 30.8 Å². The molecule has 0 fully saturated rings. The van der Waals surface area contributed by atoms with Gasteiger partial charge in [-0.2, -0.15) is 0 Å². The highest BCUT2D eigenvalue weighted by Crippen LogP contribution is 2.17. The van der Waals surface area contributed by atoms with Crippen LogP contribution in [-0.2, 0) is 6.54 Å². The van der Waals surface area contributed by atoms with Gasteiger partial charge in [-0.3, -0.25) is 0 Å². The van der Waals surface area contributed by atoms with E-state index in [0.717, 1.165) is 23.5 Å². The molecule has 2 aromatic rings. The minimum absolute atomic E-state index is 0.361. The van der Waals surface area contributed by atoms with Crippen LogP contribution in [0.5, 0.6) is 0 Å². The number of nitrogens with one attached hydrogen (secondary N) is 1. The quantitative estimate of drug-likeness (QED) is 0.931. The zero-order chi connectivity index (χ0) is 14.7. The van der Waals surface area contributed by atoms with E-state index in [1.807, 2.05) is 13.8 Å². The van der Waals surface area contributed by atoms with Gasteiger partial charge in [0.25, 0.3) is 0 Å². The largest absolute Gasteiger partial charge is 0.310 e. The zero-order valence-electron chi connectivity index (χ0n) is 12.2. The predicted octanol–water partition coefficient (Wildman–Crippen LogP) is 2.79. The molecule has 0 unspecified atom stereocenters. The lowest BCUT2D eigenvalue weighted by Crippen LogP contribution is -2.23. The number of halogens is 1. The van der Waals surface area contributed by atoms with E-state index >= 15 is 0 Å². The maximum absolute atomic E-state index is 12.9. The molecular weight excluding hydrogens is 255 g/mol. The fourth-order valence-corrected chi connectivity index (χ4v) is 1.92. The first-order valence-electron chi connectivity index (χ1n) is 6.67. The summed E-state index contributed by atoms with van der Waals surface area (Å²) >= 11 is 0. The fourth-order valence-electron chi connectivity index (χ4n) is 1.92. The van der Waals surface area contributed by atoms with E-state index < -0.39 is 0 Å². The summed E-state index contributed by atoms with van der Waals surface area (Å²) in [5.74, 6) is 0.174. The van der Waals surface area contributed by atoms with Crippen LogP contribution in [0.3, 0.4) is 0 Å². The molecule has 0 aliphatic heterocycles. The summed E-state index contributed by atoms with van der Waals surface area (Å²) in [5.41, 5.74) is 3.53. The number of hydrogen-bond donors (Lipinski definition) is 1. The van der Waals surface area contributed by atoms with E-state index in [1.54, 1.807) is 6.07 Å². The molecule has 20 heavy (non-hydrogen) atoms. The molecule has 0 saturated heterocycles.